The maximum atomic E-state index is 12.3. The van der Waals surface area contributed by atoms with Gasteiger partial charge in [0.15, 0.2) is 12.4 Å². The number of carbonyl (C=O) groups is 3. The number of ketones is 1. The van der Waals surface area contributed by atoms with E-state index in [0.717, 1.165) is 23.1 Å². The largest absolute Gasteiger partial charge is 0.457 e. The molecule has 0 aromatic heterocycles. The number of Topliss-reactive ketones (excluding diaryl/α,β-unsaturated/α-hetero) is 1. The van der Waals surface area contributed by atoms with Gasteiger partial charge >= 0.3 is 5.97 Å². The van der Waals surface area contributed by atoms with Gasteiger partial charge in [-0.2, -0.15) is 0 Å². The number of nitrogens with one attached hydrogen (secondary N) is 1. The third kappa shape index (κ3) is 6.64. The number of anilines is 1. The molecule has 0 aliphatic rings. The second-order valence-electron chi connectivity index (χ2n) is 7.20. The first-order chi connectivity index (χ1) is 15.0. The molecular formula is C26H25NO4. The van der Waals surface area contributed by atoms with Gasteiger partial charge in [-0.25, -0.2) is 0 Å². The van der Waals surface area contributed by atoms with Gasteiger partial charge in [-0.15, -0.1) is 0 Å². The lowest BCUT2D eigenvalue weighted by Gasteiger charge is -2.07. The Morgan fingerprint density at radius 2 is 1.45 bits per heavy atom. The fourth-order valence-corrected chi connectivity index (χ4v) is 3.08. The molecule has 0 spiro atoms. The van der Waals surface area contributed by atoms with Crippen molar-refractivity contribution in [3.8, 4) is 11.1 Å². The molecule has 0 aliphatic carbocycles. The Labute approximate surface area is 182 Å². The van der Waals surface area contributed by atoms with Gasteiger partial charge in [0.05, 0.1) is 6.42 Å². The normalized spacial score (nSPS) is 10.4. The summed E-state index contributed by atoms with van der Waals surface area (Å²) in [6, 6.07) is 24.2. The molecule has 0 radical (unpaired) electrons. The van der Waals surface area contributed by atoms with Crippen LogP contribution < -0.4 is 5.32 Å². The lowest BCUT2D eigenvalue weighted by atomic mass is 10.0. The highest BCUT2D eigenvalue weighted by molar-refractivity contribution is 5.99. The van der Waals surface area contributed by atoms with Crippen LogP contribution in [0.15, 0.2) is 78.9 Å². The SMILES string of the molecule is CCCC(=O)Nc1ccc(C(=O)COC(=O)Cc2ccc(-c3ccccc3)cc2)cc1. The molecule has 158 valence electrons. The van der Waals surface area contributed by atoms with E-state index in [2.05, 4.69) is 5.32 Å². The van der Waals surface area contributed by atoms with Gasteiger partial charge in [-0.05, 0) is 47.4 Å². The average Bonchev–Trinajstić information content (AvgIpc) is 2.79. The van der Waals surface area contributed by atoms with Crippen molar-refractivity contribution in [2.45, 2.75) is 26.2 Å². The van der Waals surface area contributed by atoms with E-state index in [9.17, 15) is 14.4 Å². The van der Waals surface area contributed by atoms with Gasteiger partial charge in [0.2, 0.25) is 5.91 Å². The van der Waals surface area contributed by atoms with Gasteiger partial charge in [-0.1, -0.05) is 61.5 Å². The van der Waals surface area contributed by atoms with Gasteiger partial charge < -0.3 is 10.1 Å². The Hall–Kier alpha value is -3.73. The molecule has 0 atom stereocenters. The minimum Gasteiger partial charge on any atom is -0.457 e. The summed E-state index contributed by atoms with van der Waals surface area (Å²) in [5.74, 6) is -0.809. The van der Waals surface area contributed by atoms with E-state index < -0.39 is 5.97 Å². The Balaban J connectivity index is 1.48. The summed E-state index contributed by atoms with van der Waals surface area (Å²) in [5.41, 5.74) is 4.06. The van der Waals surface area contributed by atoms with Crippen molar-refractivity contribution in [1.82, 2.24) is 0 Å². The molecule has 0 heterocycles. The zero-order chi connectivity index (χ0) is 22.1. The zero-order valence-electron chi connectivity index (χ0n) is 17.5. The lowest BCUT2D eigenvalue weighted by molar-refractivity contribution is -0.141. The van der Waals surface area contributed by atoms with E-state index in [1.807, 2.05) is 61.5 Å². The molecule has 1 amide bonds. The summed E-state index contributed by atoms with van der Waals surface area (Å²) in [5, 5.41) is 2.77. The zero-order valence-corrected chi connectivity index (χ0v) is 17.5. The summed E-state index contributed by atoms with van der Waals surface area (Å²) in [6.45, 7) is 1.62. The highest BCUT2D eigenvalue weighted by atomic mass is 16.5. The Morgan fingerprint density at radius 1 is 0.806 bits per heavy atom. The lowest BCUT2D eigenvalue weighted by Crippen LogP contribution is -2.16. The summed E-state index contributed by atoms with van der Waals surface area (Å²) in [4.78, 5) is 36.0. The number of esters is 1. The number of hydrogen-bond donors (Lipinski definition) is 1. The van der Waals surface area contributed by atoms with Gasteiger partial charge in [0.25, 0.3) is 0 Å². The number of hydrogen-bond acceptors (Lipinski definition) is 4. The van der Waals surface area contributed by atoms with Crippen LogP contribution in [0.1, 0.15) is 35.7 Å². The Bertz CT molecular complexity index is 1030. The summed E-state index contributed by atoms with van der Waals surface area (Å²) in [7, 11) is 0. The summed E-state index contributed by atoms with van der Waals surface area (Å²) in [6.07, 6.45) is 1.32. The summed E-state index contributed by atoms with van der Waals surface area (Å²) >= 11 is 0. The first-order valence-electron chi connectivity index (χ1n) is 10.3. The topological polar surface area (TPSA) is 72.5 Å². The van der Waals surface area contributed by atoms with Crippen LogP contribution in [0.2, 0.25) is 0 Å². The molecule has 3 rings (SSSR count). The fourth-order valence-electron chi connectivity index (χ4n) is 3.08. The van der Waals surface area contributed by atoms with Crippen LogP contribution in [0, 0.1) is 0 Å². The fraction of sp³-hybridized carbons (Fsp3) is 0.192. The van der Waals surface area contributed by atoms with Crippen molar-refractivity contribution < 1.29 is 19.1 Å². The van der Waals surface area contributed by atoms with Crippen LogP contribution in [0.4, 0.5) is 5.69 Å². The third-order valence-corrected chi connectivity index (χ3v) is 4.74. The van der Waals surface area contributed by atoms with Crippen LogP contribution in [-0.2, 0) is 20.7 Å². The molecule has 3 aromatic rings. The Morgan fingerprint density at radius 3 is 2.10 bits per heavy atom. The van der Waals surface area contributed by atoms with E-state index in [1.165, 1.54) is 0 Å². The molecule has 31 heavy (non-hydrogen) atoms. The van der Waals surface area contributed by atoms with Crippen LogP contribution >= 0.6 is 0 Å². The number of benzene rings is 3. The van der Waals surface area contributed by atoms with E-state index in [4.69, 9.17) is 4.74 Å². The van der Waals surface area contributed by atoms with Gasteiger partial charge in [0, 0.05) is 17.7 Å². The maximum absolute atomic E-state index is 12.3. The minimum atomic E-state index is -0.454. The van der Waals surface area contributed by atoms with Gasteiger partial charge in [0.1, 0.15) is 0 Å². The van der Waals surface area contributed by atoms with Crippen molar-refractivity contribution in [2.75, 3.05) is 11.9 Å². The minimum absolute atomic E-state index is 0.0627. The molecule has 1 N–H and O–H groups in total. The van der Waals surface area contributed by atoms with Crippen LogP contribution in [-0.4, -0.2) is 24.3 Å². The monoisotopic (exact) mass is 415 g/mol. The standard InChI is InChI=1S/C26H25NO4/c1-2-6-25(29)27-23-15-13-22(14-16-23)24(28)18-31-26(30)17-19-9-11-21(12-10-19)20-7-4-3-5-8-20/h3-5,7-16H,2,6,17-18H2,1H3,(H,27,29). The number of ether oxygens (including phenoxy) is 1. The number of carbonyl (C=O) groups excluding carboxylic acids is 3. The second-order valence-corrected chi connectivity index (χ2v) is 7.20. The average molecular weight is 415 g/mol. The second kappa shape index (κ2) is 10.9. The molecule has 5 heteroatoms. The van der Waals surface area contributed by atoms with Crippen molar-refractivity contribution in [1.29, 1.82) is 0 Å². The Kier molecular flexibility index (Phi) is 7.71. The van der Waals surface area contributed by atoms with Crippen LogP contribution in [0.5, 0.6) is 0 Å². The molecule has 0 fully saturated rings. The molecule has 0 saturated carbocycles. The first-order valence-corrected chi connectivity index (χ1v) is 10.3. The van der Waals surface area contributed by atoms with Gasteiger partial charge in [-0.3, -0.25) is 14.4 Å². The predicted molar refractivity (Wildman–Crippen MR) is 121 cm³/mol. The maximum Gasteiger partial charge on any atom is 0.310 e. The molecule has 0 bridgehead atoms. The number of rotatable bonds is 9. The van der Waals surface area contributed by atoms with Crippen LogP contribution in [0.25, 0.3) is 11.1 Å². The van der Waals surface area contributed by atoms with E-state index in [-0.39, 0.29) is 24.7 Å². The molecule has 0 unspecified atom stereocenters. The quantitative estimate of drug-likeness (QED) is 0.392. The van der Waals surface area contributed by atoms with Crippen molar-refractivity contribution in [2.24, 2.45) is 0 Å². The first kappa shape index (κ1) is 22.0. The highest BCUT2D eigenvalue weighted by Crippen LogP contribution is 2.19. The summed E-state index contributed by atoms with van der Waals surface area (Å²) < 4.78 is 5.15. The molecular weight excluding hydrogens is 390 g/mol. The smallest absolute Gasteiger partial charge is 0.310 e. The van der Waals surface area contributed by atoms with Crippen molar-refractivity contribution in [3.63, 3.8) is 0 Å². The molecule has 3 aromatic carbocycles. The van der Waals surface area contributed by atoms with E-state index in [1.54, 1.807) is 24.3 Å². The highest BCUT2D eigenvalue weighted by Gasteiger charge is 2.11. The van der Waals surface area contributed by atoms with E-state index >= 15 is 0 Å². The third-order valence-electron chi connectivity index (χ3n) is 4.74. The molecule has 0 saturated heterocycles. The van der Waals surface area contributed by atoms with Crippen LogP contribution in [0.3, 0.4) is 0 Å². The predicted octanol–water partition coefficient (Wildman–Crippen LogP) is 5.06. The molecule has 5 nitrogen and oxygen atoms in total. The molecule has 0 aliphatic heterocycles. The van der Waals surface area contributed by atoms with Crippen molar-refractivity contribution >= 4 is 23.3 Å². The van der Waals surface area contributed by atoms with Crippen molar-refractivity contribution in [3.05, 3.63) is 90.0 Å². The number of amides is 1. The van der Waals surface area contributed by atoms with E-state index in [0.29, 0.717) is 17.7 Å².